The molecular formula is C12H15ClO3S. The molecule has 2 N–H and O–H groups in total. The zero-order chi connectivity index (χ0) is 13.0. The van der Waals surface area contributed by atoms with Gasteiger partial charge in [0.05, 0.1) is 6.10 Å². The highest BCUT2D eigenvalue weighted by atomic mass is 35.5. The van der Waals surface area contributed by atoms with E-state index in [1.807, 2.05) is 6.92 Å². The minimum Gasteiger partial charge on any atom is -0.389 e. The number of carbonyl (C=O) groups is 1. The van der Waals surface area contributed by atoms with E-state index in [0.29, 0.717) is 10.6 Å². The van der Waals surface area contributed by atoms with E-state index >= 15 is 0 Å². The fourth-order valence-corrected chi connectivity index (χ4v) is 2.07. The number of rotatable bonds is 4. The van der Waals surface area contributed by atoms with Gasteiger partial charge in [0, 0.05) is 17.7 Å². The molecule has 3 nitrogen and oxygen atoms in total. The third-order valence-electron chi connectivity index (χ3n) is 2.35. The summed E-state index contributed by atoms with van der Waals surface area (Å²) in [5, 5.41) is 20.2. The third kappa shape index (κ3) is 4.32. The first kappa shape index (κ1) is 14.5. The number of aliphatic hydroxyl groups excluding tert-OH is 2. The second-order valence-electron chi connectivity index (χ2n) is 3.82. The number of hydrogen-bond acceptors (Lipinski definition) is 4. The maximum Gasteiger partial charge on any atom is 0.185 e. The average Bonchev–Trinajstić information content (AvgIpc) is 2.28. The Morgan fingerprint density at radius 3 is 2.65 bits per heavy atom. The number of carbonyl (C=O) groups excluding carboxylic acids is 1. The molecule has 0 amide bonds. The number of aryl methyl sites for hydroxylation is 1. The predicted octanol–water partition coefficient (Wildman–Crippen LogP) is 2.32. The highest BCUT2D eigenvalue weighted by molar-refractivity contribution is 8.13. The molecule has 0 aliphatic rings. The van der Waals surface area contributed by atoms with Crippen LogP contribution in [0.15, 0.2) is 18.2 Å². The van der Waals surface area contributed by atoms with Crippen molar-refractivity contribution < 1.29 is 15.0 Å². The van der Waals surface area contributed by atoms with Gasteiger partial charge in [0.25, 0.3) is 0 Å². The van der Waals surface area contributed by atoms with E-state index in [0.717, 1.165) is 17.3 Å². The van der Waals surface area contributed by atoms with Gasteiger partial charge in [-0.05, 0) is 24.1 Å². The molecule has 5 heteroatoms. The zero-order valence-electron chi connectivity index (χ0n) is 9.68. The lowest BCUT2D eigenvalue weighted by Gasteiger charge is -2.18. The van der Waals surface area contributed by atoms with Crippen LogP contribution >= 0.6 is 23.4 Å². The van der Waals surface area contributed by atoms with Crippen molar-refractivity contribution in [3.8, 4) is 0 Å². The lowest BCUT2D eigenvalue weighted by molar-refractivity contribution is -0.109. The van der Waals surface area contributed by atoms with Crippen LogP contribution in [0.2, 0.25) is 5.02 Å². The van der Waals surface area contributed by atoms with Crippen molar-refractivity contribution in [2.75, 3.05) is 5.75 Å². The summed E-state index contributed by atoms with van der Waals surface area (Å²) < 4.78 is 0. The van der Waals surface area contributed by atoms with Gasteiger partial charge in [-0.1, -0.05) is 35.5 Å². The molecule has 2 atom stereocenters. The Hall–Kier alpha value is -0.550. The molecule has 0 spiro atoms. The highest BCUT2D eigenvalue weighted by Crippen LogP contribution is 2.24. The molecule has 1 aromatic carbocycles. The summed E-state index contributed by atoms with van der Waals surface area (Å²) in [7, 11) is 0. The summed E-state index contributed by atoms with van der Waals surface area (Å²) >= 11 is 6.87. The second kappa shape index (κ2) is 6.40. The predicted molar refractivity (Wildman–Crippen MR) is 70.3 cm³/mol. The Kier molecular flexibility index (Phi) is 5.46. The third-order valence-corrected chi connectivity index (χ3v) is 3.68. The van der Waals surface area contributed by atoms with Crippen molar-refractivity contribution in [3.05, 3.63) is 34.3 Å². The molecule has 0 saturated carbocycles. The number of thioether (sulfide) groups is 1. The largest absolute Gasteiger partial charge is 0.389 e. The Morgan fingerprint density at radius 2 is 2.12 bits per heavy atom. The van der Waals surface area contributed by atoms with Crippen LogP contribution < -0.4 is 0 Å². The van der Waals surface area contributed by atoms with E-state index < -0.39 is 12.2 Å². The molecular weight excluding hydrogens is 260 g/mol. The lowest BCUT2D eigenvalue weighted by atomic mass is 10.0. The minimum atomic E-state index is -1.00. The van der Waals surface area contributed by atoms with Crippen molar-refractivity contribution >= 4 is 28.5 Å². The van der Waals surface area contributed by atoms with E-state index in [2.05, 4.69) is 0 Å². The van der Waals surface area contributed by atoms with E-state index in [4.69, 9.17) is 11.6 Å². The maximum atomic E-state index is 10.8. The summed E-state index contributed by atoms with van der Waals surface area (Å²) in [6.07, 6.45) is -1.97. The van der Waals surface area contributed by atoms with Crippen LogP contribution in [0.25, 0.3) is 0 Å². The monoisotopic (exact) mass is 274 g/mol. The smallest absolute Gasteiger partial charge is 0.185 e. The van der Waals surface area contributed by atoms with E-state index in [-0.39, 0.29) is 10.9 Å². The SMILES string of the molecule is CC(=O)SCC(O)C(O)c1ccc(Cl)c(C)c1. The highest BCUT2D eigenvalue weighted by Gasteiger charge is 2.19. The first-order chi connectivity index (χ1) is 7.91. The number of benzene rings is 1. The van der Waals surface area contributed by atoms with Crippen LogP contribution in [0.4, 0.5) is 0 Å². The molecule has 94 valence electrons. The summed E-state index contributed by atoms with van der Waals surface area (Å²) in [6, 6.07) is 5.08. The molecule has 0 bridgehead atoms. The first-order valence-electron chi connectivity index (χ1n) is 5.17. The minimum absolute atomic E-state index is 0.0801. The van der Waals surface area contributed by atoms with Gasteiger partial charge in [-0.2, -0.15) is 0 Å². The molecule has 0 aliphatic carbocycles. The summed E-state index contributed by atoms with van der Waals surface area (Å²) in [5.74, 6) is 0.179. The van der Waals surface area contributed by atoms with Crippen LogP contribution in [-0.2, 0) is 4.79 Å². The van der Waals surface area contributed by atoms with Gasteiger partial charge in [-0.15, -0.1) is 0 Å². The van der Waals surface area contributed by atoms with Gasteiger partial charge in [-0.3, -0.25) is 4.79 Å². The van der Waals surface area contributed by atoms with Crippen LogP contribution in [-0.4, -0.2) is 27.2 Å². The molecule has 2 unspecified atom stereocenters. The summed E-state index contributed by atoms with van der Waals surface area (Å²) in [4.78, 5) is 10.8. The molecule has 0 heterocycles. The van der Waals surface area contributed by atoms with Crippen molar-refractivity contribution in [2.24, 2.45) is 0 Å². The van der Waals surface area contributed by atoms with Crippen LogP contribution in [0.5, 0.6) is 0 Å². The fraction of sp³-hybridized carbons (Fsp3) is 0.417. The van der Waals surface area contributed by atoms with Gasteiger partial charge < -0.3 is 10.2 Å². The molecule has 0 radical (unpaired) electrons. The Labute approximate surface area is 110 Å². The first-order valence-corrected chi connectivity index (χ1v) is 6.53. The normalized spacial score (nSPS) is 14.4. The molecule has 0 aromatic heterocycles. The van der Waals surface area contributed by atoms with Gasteiger partial charge in [0.2, 0.25) is 0 Å². The van der Waals surface area contributed by atoms with Gasteiger partial charge in [0.1, 0.15) is 6.10 Å². The van der Waals surface area contributed by atoms with Crippen LogP contribution in [0.3, 0.4) is 0 Å². The number of halogens is 1. The van der Waals surface area contributed by atoms with Crippen LogP contribution in [0.1, 0.15) is 24.2 Å². The molecule has 0 fully saturated rings. The van der Waals surface area contributed by atoms with Crippen molar-refractivity contribution in [2.45, 2.75) is 26.1 Å². The lowest BCUT2D eigenvalue weighted by Crippen LogP contribution is -2.21. The van der Waals surface area contributed by atoms with Crippen molar-refractivity contribution in [1.82, 2.24) is 0 Å². The maximum absolute atomic E-state index is 10.8. The van der Waals surface area contributed by atoms with E-state index in [1.54, 1.807) is 18.2 Å². The fourth-order valence-electron chi connectivity index (χ4n) is 1.37. The Bertz CT molecular complexity index is 409. The van der Waals surface area contributed by atoms with Gasteiger partial charge >= 0.3 is 0 Å². The van der Waals surface area contributed by atoms with Gasteiger partial charge in [0.15, 0.2) is 5.12 Å². The standard InChI is InChI=1S/C12H15ClO3S/c1-7-5-9(3-4-10(7)13)12(16)11(15)6-17-8(2)14/h3-5,11-12,15-16H,6H2,1-2H3. The number of hydrogen-bond donors (Lipinski definition) is 2. The van der Waals surface area contributed by atoms with Crippen molar-refractivity contribution in [3.63, 3.8) is 0 Å². The van der Waals surface area contributed by atoms with E-state index in [1.165, 1.54) is 6.92 Å². The van der Waals surface area contributed by atoms with Crippen LogP contribution in [0, 0.1) is 6.92 Å². The summed E-state index contributed by atoms with van der Waals surface area (Å²) in [5.41, 5.74) is 1.44. The topological polar surface area (TPSA) is 57.5 Å². The molecule has 0 aliphatic heterocycles. The van der Waals surface area contributed by atoms with Crippen molar-refractivity contribution in [1.29, 1.82) is 0 Å². The van der Waals surface area contributed by atoms with Gasteiger partial charge in [-0.25, -0.2) is 0 Å². The average molecular weight is 275 g/mol. The Balaban J connectivity index is 2.70. The van der Waals surface area contributed by atoms with E-state index in [9.17, 15) is 15.0 Å². The molecule has 1 rings (SSSR count). The second-order valence-corrected chi connectivity index (χ2v) is 5.43. The zero-order valence-corrected chi connectivity index (χ0v) is 11.3. The summed E-state index contributed by atoms with van der Waals surface area (Å²) in [6.45, 7) is 3.26. The number of aliphatic hydroxyl groups is 2. The molecule has 0 saturated heterocycles. The Morgan fingerprint density at radius 1 is 1.47 bits per heavy atom. The molecule has 1 aromatic rings. The molecule has 17 heavy (non-hydrogen) atoms. The quantitative estimate of drug-likeness (QED) is 0.885.